The van der Waals surface area contributed by atoms with Gasteiger partial charge in [0.15, 0.2) is 0 Å². The third kappa shape index (κ3) is 16.9. The van der Waals surface area contributed by atoms with Gasteiger partial charge in [-0.05, 0) is 32.1 Å². The number of carbonyl (C=O) groups excluding carboxylic acids is 4. The minimum Gasteiger partial charge on any atom is -0.460 e. The van der Waals surface area contributed by atoms with Gasteiger partial charge in [-0.25, -0.2) is 0 Å². The molecule has 0 unspecified atom stereocenters. The minimum absolute atomic E-state index is 0.0265. The van der Waals surface area contributed by atoms with Crippen molar-refractivity contribution in [3.8, 4) is 0 Å². The molecule has 0 saturated heterocycles. The molecule has 1 saturated carbocycles. The minimum atomic E-state index is -0.496. The summed E-state index contributed by atoms with van der Waals surface area (Å²) in [6.07, 6.45) is 19.4. The second-order valence-corrected chi connectivity index (χ2v) is 10.7. The van der Waals surface area contributed by atoms with Gasteiger partial charge in [0, 0.05) is 12.8 Å². The van der Waals surface area contributed by atoms with E-state index >= 15 is 0 Å². The highest BCUT2D eigenvalue weighted by Gasteiger charge is 2.30. The van der Waals surface area contributed by atoms with Crippen molar-refractivity contribution in [2.45, 2.75) is 167 Å². The Labute approximate surface area is 220 Å². The van der Waals surface area contributed by atoms with Crippen LogP contribution in [0.5, 0.6) is 0 Å². The maximum atomic E-state index is 12.4. The van der Waals surface area contributed by atoms with E-state index in [-0.39, 0.29) is 36.4 Å². The van der Waals surface area contributed by atoms with Crippen LogP contribution >= 0.6 is 0 Å². The van der Waals surface area contributed by atoms with E-state index in [4.69, 9.17) is 4.74 Å². The van der Waals surface area contributed by atoms with Crippen molar-refractivity contribution >= 4 is 23.4 Å². The summed E-state index contributed by atoms with van der Waals surface area (Å²) in [5.41, 5.74) is 0. The number of unbranched alkanes of at least 4 members (excludes halogenated alkanes) is 12. The Bertz CT molecular complexity index is 579. The van der Waals surface area contributed by atoms with Crippen LogP contribution in [0.15, 0.2) is 0 Å². The molecule has 208 valence electrons. The molecule has 36 heavy (non-hydrogen) atoms. The first-order valence-corrected chi connectivity index (χ1v) is 15.0. The summed E-state index contributed by atoms with van der Waals surface area (Å²) in [5.74, 6) is -0.877. The lowest BCUT2D eigenvalue weighted by Crippen LogP contribution is -2.47. The fourth-order valence-electron chi connectivity index (χ4n) is 4.95. The quantitative estimate of drug-likeness (QED) is 0.0954. The van der Waals surface area contributed by atoms with Crippen molar-refractivity contribution in [2.75, 3.05) is 0 Å². The van der Waals surface area contributed by atoms with Gasteiger partial charge in [0.1, 0.15) is 24.1 Å². The summed E-state index contributed by atoms with van der Waals surface area (Å²) >= 11 is 0. The van der Waals surface area contributed by atoms with Crippen molar-refractivity contribution < 1.29 is 23.9 Å². The number of Topliss-reactive ketones (excluding diaryl/α,β-unsaturated/α-hetero) is 2. The molecule has 6 nitrogen and oxygen atoms in total. The topological polar surface area (TPSA) is 89.5 Å². The first-order valence-electron chi connectivity index (χ1n) is 15.0. The molecule has 1 aliphatic rings. The Morgan fingerprint density at radius 1 is 0.639 bits per heavy atom. The first-order chi connectivity index (χ1) is 17.5. The van der Waals surface area contributed by atoms with Crippen molar-refractivity contribution in [1.29, 1.82) is 0 Å². The molecule has 0 heterocycles. The SMILES string of the molecule is CCCCCCCCCC(=O)CC(=O)N[C@H]1CCCC[C@@H]1OC(=O)CC(=O)CCCCCCCCC. The van der Waals surface area contributed by atoms with Gasteiger partial charge in [0.25, 0.3) is 0 Å². The summed E-state index contributed by atoms with van der Waals surface area (Å²) in [5, 5.41) is 2.92. The zero-order chi connectivity index (χ0) is 26.4. The summed E-state index contributed by atoms with van der Waals surface area (Å²) in [4.78, 5) is 49.2. The van der Waals surface area contributed by atoms with E-state index in [9.17, 15) is 19.2 Å². The molecular formula is C30H53NO5. The number of ether oxygens (including phenoxy) is 1. The Morgan fingerprint density at radius 3 is 1.67 bits per heavy atom. The van der Waals surface area contributed by atoms with Crippen LogP contribution in [0.2, 0.25) is 0 Å². The van der Waals surface area contributed by atoms with Gasteiger partial charge in [-0.3, -0.25) is 19.2 Å². The summed E-state index contributed by atoms with van der Waals surface area (Å²) in [7, 11) is 0. The van der Waals surface area contributed by atoms with Crippen molar-refractivity contribution in [1.82, 2.24) is 5.32 Å². The molecule has 0 spiro atoms. The molecule has 6 heteroatoms. The third-order valence-electron chi connectivity index (χ3n) is 7.15. The molecule has 1 fully saturated rings. The van der Waals surface area contributed by atoms with Gasteiger partial charge in [-0.1, -0.05) is 97.3 Å². The van der Waals surface area contributed by atoms with E-state index in [2.05, 4.69) is 19.2 Å². The highest BCUT2D eigenvalue weighted by molar-refractivity contribution is 5.98. The average Bonchev–Trinajstić information content (AvgIpc) is 2.84. The van der Waals surface area contributed by atoms with Crippen LogP contribution in [0.1, 0.15) is 155 Å². The van der Waals surface area contributed by atoms with Crippen LogP contribution in [0.3, 0.4) is 0 Å². The van der Waals surface area contributed by atoms with Crippen LogP contribution in [0.4, 0.5) is 0 Å². The molecule has 1 N–H and O–H groups in total. The predicted octanol–water partition coefficient (Wildman–Crippen LogP) is 7.16. The number of hydrogen-bond donors (Lipinski definition) is 1. The Balaban J connectivity index is 2.25. The number of rotatable bonds is 22. The third-order valence-corrected chi connectivity index (χ3v) is 7.15. The Morgan fingerprint density at radius 2 is 1.11 bits per heavy atom. The maximum absolute atomic E-state index is 12.4. The van der Waals surface area contributed by atoms with Crippen LogP contribution in [0, 0.1) is 0 Å². The van der Waals surface area contributed by atoms with E-state index in [0.717, 1.165) is 57.8 Å². The largest absolute Gasteiger partial charge is 0.460 e. The number of esters is 1. The second kappa shape index (κ2) is 21.4. The van der Waals surface area contributed by atoms with E-state index in [1.165, 1.54) is 51.4 Å². The lowest BCUT2D eigenvalue weighted by atomic mass is 9.92. The molecule has 1 amide bonds. The van der Waals surface area contributed by atoms with Gasteiger partial charge in [-0.2, -0.15) is 0 Å². The molecule has 1 aliphatic carbocycles. The van der Waals surface area contributed by atoms with E-state index in [1.54, 1.807) is 0 Å². The number of ketones is 2. The van der Waals surface area contributed by atoms with E-state index in [0.29, 0.717) is 19.3 Å². The zero-order valence-corrected chi connectivity index (χ0v) is 23.3. The maximum Gasteiger partial charge on any atom is 0.313 e. The molecule has 0 radical (unpaired) electrons. The second-order valence-electron chi connectivity index (χ2n) is 10.7. The fraction of sp³-hybridized carbons (Fsp3) is 0.867. The van der Waals surface area contributed by atoms with Gasteiger partial charge < -0.3 is 10.1 Å². The Hall–Kier alpha value is -1.72. The standard InChI is InChI=1S/C30H53NO5/c1-3-5-7-9-11-13-15-19-25(32)23-29(34)31-27-21-17-18-22-28(27)36-30(35)24-26(33)20-16-14-12-10-8-6-4-2/h27-28H,3-24H2,1-2H3,(H,31,34)/t27-,28-/m0/s1. The van der Waals surface area contributed by atoms with E-state index in [1.807, 2.05) is 0 Å². The molecule has 2 atom stereocenters. The molecule has 0 aromatic heterocycles. The lowest BCUT2D eigenvalue weighted by molar-refractivity contribution is -0.154. The highest BCUT2D eigenvalue weighted by atomic mass is 16.5. The molecule has 0 aromatic rings. The lowest BCUT2D eigenvalue weighted by Gasteiger charge is -2.31. The molecule has 0 aromatic carbocycles. The Kier molecular flexibility index (Phi) is 19.2. The average molecular weight is 508 g/mol. The van der Waals surface area contributed by atoms with Gasteiger partial charge in [-0.15, -0.1) is 0 Å². The summed E-state index contributed by atoms with van der Waals surface area (Å²) < 4.78 is 5.61. The van der Waals surface area contributed by atoms with Crippen LogP contribution in [-0.4, -0.2) is 35.6 Å². The number of hydrogen-bond acceptors (Lipinski definition) is 5. The van der Waals surface area contributed by atoms with Crippen molar-refractivity contribution in [3.05, 3.63) is 0 Å². The van der Waals surface area contributed by atoms with Crippen LogP contribution in [-0.2, 0) is 23.9 Å². The van der Waals surface area contributed by atoms with E-state index < -0.39 is 12.1 Å². The van der Waals surface area contributed by atoms with Gasteiger partial charge >= 0.3 is 5.97 Å². The van der Waals surface area contributed by atoms with Gasteiger partial charge in [0.05, 0.1) is 12.5 Å². The van der Waals surface area contributed by atoms with Crippen molar-refractivity contribution in [2.24, 2.45) is 0 Å². The number of nitrogens with one attached hydrogen (secondary N) is 1. The number of amides is 1. The zero-order valence-electron chi connectivity index (χ0n) is 23.3. The van der Waals surface area contributed by atoms with Gasteiger partial charge in [0.2, 0.25) is 5.91 Å². The molecule has 0 bridgehead atoms. The summed E-state index contributed by atoms with van der Waals surface area (Å²) in [6, 6.07) is -0.278. The smallest absolute Gasteiger partial charge is 0.313 e. The number of carbonyl (C=O) groups is 4. The molecule has 0 aliphatic heterocycles. The fourth-order valence-corrected chi connectivity index (χ4v) is 4.95. The molecule has 1 rings (SSSR count). The van der Waals surface area contributed by atoms with Crippen LogP contribution in [0.25, 0.3) is 0 Å². The normalized spacial score (nSPS) is 17.5. The predicted molar refractivity (Wildman–Crippen MR) is 145 cm³/mol. The molecular weight excluding hydrogens is 454 g/mol. The van der Waals surface area contributed by atoms with Crippen molar-refractivity contribution in [3.63, 3.8) is 0 Å². The monoisotopic (exact) mass is 507 g/mol. The highest BCUT2D eigenvalue weighted by Crippen LogP contribution is 2.22. The summed E-state index contributed by atoms with van der Waals surface area (Å²) in [6.45, 7) is 4.39. The van der Waals surface area contributed by atoms with Crippen LogP contribution < -0.4 is 5.32 Å². The first kappa shape index (κ1) is 32.3.